The number of hydrogen-bond acceptors (Lipinski definition) is 5. The minimum absolute atomic E-state index is 0.0353. The van der Waals surface area contributed by atoms with Crippen molar-refractivity contribution in [1.82, 2.24) is 24.7 Å². The number of aryl methyl sites for hydroxylation is 1. The molecule has 2 aromatic rings. The molecule has 9 heteroatoms. The Balaban J connectivity index is 1.34. The normalized spacial score (nSPS) is 18.4. The van der Waals surface area contributed by atoms with Gasteiger partial charge >= 0.3 is 5.69 Å². The Morgan fingerprint density at radius 1 is 1.13 bits per heavy atom. The fourth-order valence-corrected chi connectivity index (χ4v) is 3.90. The summed E-state index contributed by atoms with van der Waals surface area (Å²) in [5.74, 6) is 0.0218. The summed E-state index contributed by atoms with van der Waals surface area (Å²) in [5.41, 5.74) is -0.402. The summed E-state index contributed by atoms with van der Waals surface area (Å²) < 4.78 is 1.44. The molecule has 2 N–H and O–H groups in total. The van der Waals surface area contributed by atoms with Crippen molar-refractivity contribution in [1.29, 1.82) is 0 Å². The number of amides is 2. The van der Waals surface area contributed by atoms with E-state index in [1.807, 2.05) is 6.92 Å². The first kappa shape index (κ1) is 20.3. The fraction of sp³-hybridized carbons (Fsp3) is 0.524. The standard InChI is InChI=1S/C21H27N5O4/c1-14(19(28)22-15-6-7-15)24-10-12-25(13-11-24)18(27)8-9-26-17-5-3-2-4-16(17)20(29)23-21(26)30/h2-5,14-15H,6-13H2,1H3,(H,22,28)(H,23,29,30). The van der Waals surface area contributed by atoms with Crippen molar-refractivity contribution in [2.75, 3.05) is 26.2 Å². The molecular weight excluding hydrogens is 386 g/mol. The summed E-state index contributed by atoms with van der Waals surface area (Å²) in [6.07, 6.45) is 2.30. The van der Waals surface area contributed by atoms with Gasteiger partial charge in [0.05, 0.1) is 16.9 Å². The van der Waals surface area contributed by atoms with E-state index in [4.69, 9.17) is 0 Å². The molecule has 1 saturated heterocycles. The van der Waals surface area contributed by atoms with Gasteiger partial charge in [0.15, 0.2) is 0 Å². The van der Waals surface area contributed by atoms with Crippen LogP contribution in [0.25, 0.3) is 10.9 Å². The van der Waals surface area contributed by atoms with Crippen LogP contribution in [-0.4, -0.2) is 69.4 Å². The molecule has 1 aliphatic heterocycles. The van der Waals surface area contributed by atoms with Gasteiger partial charge < -0.3 is 10.2 Å². The van der Waals surface area contributed by atoms with Gasteiger partial charge in [-0.1, -0.05) is 12.1 Å². The van der Waals surface area contributed by atoms with Gasteiger partial charge in [-0.3, -0.25) is 28.8 Å². The van der Waals surface area contributed by atoms with Crippen LogP contribution >= 0.6 is 0 Å². The van der Waals surface area contributed by atoms with E-state index in [9.17, 15) is 19.2 Å². The number of nitrogens with zero attached hydrogens (tertiary/aromatic N) is 3. The maximum Gasteiger partial charge on any atom is 0.328 e. The second kappa shape index (κ2) is 8.43. The average molecular weight is 413 g/mol. The molecule has 1 aliphatic carbocycles. The Bertz CT molecular complexity index is 1060. The molecule has 1 aromatic carbocycles. The summed E-state index contributed by atoms with van der Waals surface area (Å²) in [5, 5.41) is 3.46. The number of carbonyl (C=O) groups excluding carboxylic acids is 2. The number of fused-ring (bicyclic) bond motifs is 1. The second-order valence-corrected chi connectivity index (χ2v) is 8.05. The molecule has 2 fully saturated rings. The van der Waals surface area contributed by atoms with E-state index in [0.717, 1.165) is 12.8 Å². The van der Waals surface area contributed by atoms with Gasteiger partial charge in [0.2, 0.25) is 11.8 Å². The lowest BCUT2D eigenvalue weighted by Gasteiger charge is -2.37. The highest BCUT2D eigenvalue weighted by atomic mass is 16.2. The van der Waals surface area contributed by atoms with Crippen LogP contribution in [0.2, 0.25) is 0 Å². The lowest BCUT2D eigenvalue weighted by atomic mass is 10.2. The van der Waals surface area contributed by atoms with Gasteiger partial charge in [-0.05, 0) is 31.9 Å². The predicted molar refractivity (Wildman–Crippen MR) is 112 cm³/mol. The lowest BCUT2D eigenvalue weighted by Crippen LogP contribution is -2.55. The minimum atomic E-state index is -0.508. The first-order valence-electron chi connectivity index (χ1n) is 10.5. The Morgan fingerprint density at radius 2 is 1.83 bits per heavy atom. The van der Waals surface area contributed by atoms with E-state index >= 15 is 0 Å². The number of aromatic amines is 1. The highest BCUT2D eigenvalue weighted by Gasteiger charge is 2.30. The maximum atomic E-state index is 12.7. The molecule has 0 radical (unpaired) electrons. The third-order valence-corrected chi connectivity index (χ3v) is 5.97. The molecule has 1 atom stereocenters. The Kier molecular flexibility index (Phi) is 5.72. The third-order valence-electron chi connectivity index (χ3n) is 5.97. The number of nitrogens with one attached hydrogen (secondary N) is 2. The average Bonchev–Trinajstić information content (AvgIpc) is 3.57. The zero-order valence-corrected chi connectivity index (χ0v) is 17.1. The number of H-pyrrole nitrogens is 1. The third kappa shape index (κ3) is 4.30. The number of rotatable bonds is 6. The smallest absolute Gasteiger partial charge is 0.328 e. The molecule has 1 unspecified atom stereocenters. The van der Waals surface area contributed by atoms with Crippen molar-refractivity contribution in [2.45, 2.75) is 44.8 Å². The van der Waals surface area contributed by atoms with E-state index in [-0.39, 0.29) is 30.8 Å². The molecule has 2 amide bonds. The van der Waals surface area contributed by atoms with Crippen LogP contribution in [0, 0.1) is 0 Å². The van der Waals surface area contributed by atoms with E-state index in [0.29, 0.717) is 43.1 Å². The van der Waals surface area contributed by atoms with Crippen molar-refractivity contribution in [2.24, 2.45) is 0 Å². The molecule has 160 valence electrons. The zero-order chi connectivity index (χ0) is 21.3. The molecule has 0 bridgehead atoms. The van der Waals surface area contributed by atoms with Crippen LogP contribution in [0.15, 0.2) is 33.9 Å². The maximum absolute atomic E-state index is 12.7. The summed E-state index contributed by atoms with van der Waals surface area (Å²) in [6.45, 7) is 4.51. The Morgan fingerprint density at radius 3 is 2.53 bits per heavy atom. The van der Waals surface area contributed by atoms with Crippen LogP contribution in [0.5, 0.6) is 0 Å². The van der Waals surface area contributed by atoms with Crippen molar-refractivity contribution in [3.63, 3.8) is 0 Å². The molecule has 0 spiro atoms. The lowest BCUT2D eigenvalue weighted by molar-refractivity contribution is -0.134. The van der Waals surface area contributed by atoms with Crippen molar-refractivity contribution >= 4 is 22.7 Å². The first-order valence-corrected chi connectivity index (χ1v) is 10.5. The van der Waals surface area contributed by atoms with Gasteiger partial charge in [-0.25, -0.2) is 4.79 Å². The number of aromatic nitrogens is 2. The van der Waals surface area contributed by atoms with Gasteiger partial charge in [0.25, 0.3) is 5.56 Å². The minimum Gasteiger partial charge on any atom is -0.352 e. The molecule has 9 nitrogen and oxygen atoms in total. The summed E-state index contributed by atoms with van der Waals surface area (Å²) in [7, 11) is 0. The fourth-order valence-electron chi connectivity index (χ4n) is 3.90. The van der Waals surface area contributed by atoms with Crippen molar-refractivity contribution < 1.29 is 9.59 Å². The molecular formula is C21H27N5O4. The molecule has 1 saturated carbocycles. The molecule has 1 aromatic heterocycles. The zero-order valence-electron chi connectivity index (χ0n) is 17.1. The largest absolute Gasteiger partial charge is 0.352 e. The number of piperazine rings is 1. The van der Waals surface area contributed by atoms with Crippen molar-refractivity contribution in [3.05, 3.63) is 45.1 Å². The van der Waals surface area contributed by atoms with E-state index in [1.165, 1.54) is 4.57 Å². The predicted octanol–water partition coefficient (Wildman–Crippen LogP) is -0.109. The van der Waals surface area contributed by atoms with E-state index < -0.39 is 11.2 Å². The van der Waals surface area contributed by atoms with Crippen molar-refractivity contribution in [3.8, 4) is 0 Å². The van der Waals surface area contributed by atoms with Crippen LogP contribution < -0.4 is 16.6 Å². The van der Waals surface area contributed by atoms with Crippen LogP contribution in [-0.2, 0) is 16.1 Å². The van der Waals surface area contributed by atoms with Gasteiger partial charge in [0, 0.05) is 45.2 Å². The second-order valence-electron chi connectivity index (χ2n) is 8.05. The monoisotopic (exact) mass is 413 g/mol. The number of carbonyl (C=O) groups is 2. The van der Waals surface area contributed by atoms with Crippen LogP contribution in [0.4, 0.5) is 0 Å². The topological polar surface area (TPSA) is 108 Å². The highest BCUT2D eigenvalue weighted by Crippen LogP contribution is 2.19. The highest BCUT2D eigenvalue weighted by molar-refractivity contribution is 5.82. The SMILES string of the molecule is CC(C(=O)NC1CC1)N1CCN(C(=O)CCn2c(=O)[nH]c(=O)c3ccccc32)CC1. The quantitative estimate of drug-likeness (QED) is 0.687. The number of para-hydroxylation sites is 1. The number of benzene rings is 1. The Hall–Kier alpha value is -2.94. The molecule has 2 heterocycles. The van der Waals surface area contributed by atoms with E-state index in [1.54, 1.807) is 29.2 Å². The van der Waals surface area contributed by atoms with Crippen LogP contribution in [0.3, 0.4) is 0 Å². The Labute approximate surface area is 173 Å². The first-order chi connectivity index (χ1) is 14.4. The summed E-state index contributed by atoms with van der Waals surface area (Å²) in [6, 6.07) is 7.01. The number of hydrogen-bond donors (Lipinski definition) is 2. The van der Waals surface area contributed by atoms with Gasteiger partial charge in [0.1, 0.15) is 0 Å². The summed E-state index contributed by atoms with van der Waals surface area (Å²) >= 11 is 0. The molecule has 4 rings (SSSR count). The van der Waals surface area contributed by atoms with Gasteiger partial charge in [-0.2, -0.15) is 0 Å². The molecule has 30 heavy (non-hydrogen) atoms. The molecule has 2 aliphatic rings. The van der Waals surface area contributed by atoms with Crippen LogP contribution in [0.1, 0.15) is 26.2 Å². The summed E-state index contributed by atoms with van der Waals surface area (Å²) in [4.78, 5) is 55.3. The van der Waals surface area contributed by atoms with Gasteiger partial charge in [-0.15, -0.1) is 0 Å². The van der Waals surface area contributed by atoms with E-state index in [2.05, 4.69) is 15.2 Å².